The van der Waals surface area contributed by atoms with Crippen molar-refractivity contribution in [3.63, 3.8) is 0 Å². The van der Waals surface area contributed by atoms with E-state index in [9.17, 15) is 4.79 Å². The van der Waals surface area contributed by atoms with E-state index in [1.807, 2.05) is 24.0 Å². The second-order valence-electron chi connectivity index (χ2n) is 5.55. The van der Waals surface area contributed by atoms with Crippen LogP contribution in [-0.4, -0.2) is 47.2 Å². The number of carbonyl (C=O) groups excluding carboxylic acids is 1. The van der Waals surface area contributed by atoms with E-state index in [2.05, 4.69) is 15.1 Å². The minimum Gasteiger partial charge on any atom is -0.352 e. The lowest BCUT2D eigenvalue weighted by molar-refractivity contribution is -0.131. The first-order valence-electron chi connectivity index (χ1n) is 7.05. The molecule has 0 radical (unpaired) electrons. The molecule has 2 fully saturated rings. The van der Waals surface area contributed by atoms with E-state index >= 15 is 0 Å². The molecule has 1 aromatic heterocycles. The van der Waals surface area contributed by atoms with Crippen molar-refractivity contribution in [1.82, 2.24) is 15.1 Å². The molecule has 0 spiro atoms. The number of hydrogen-bond donors (Lipinski definition) is 0. The third-order valence-electron chi connectivity index (χ3n) is 3.90. The van der Waals surface area contributed by atoms with Crippen LogP contribution in [-0.2, 0) is 4.79 Å². The van der Waals surface area contributed by atoms with Gasteiger partial charge >= 0.3 is 0 Å². The Bertz CT molecular complexity index is 447. The quantitative estimate of drug-likeness (QED) is 0.820. The molecular formula is C14H20N4O. The zero-order chi connectivity index (χ0) is 13.2. The van der Waals surface area contributed by atoms with Crippen molar-refractivity contribution in [1.29, 1.82) is 0 Å². The summed E-state index contributed by atoms with van der Waals surface area (Å²) in [6.07, 6.45) is 3.24. The van der Waals surface area contributed by atoms with E-state index < -0.39 is 0 Å². The monoisotopic (exact) mass is 260 g/mol. The summed E-state index contributed by atoms with van der Waals surface area (Å²) in [4.78, 5) is 16.2. The van der Waals surface area contributed by atoms with Gasteiger partial charge in [0.15, 0.2) is 5.82 Å². The number of aryl methyl sites for hydroxylation is 1. The minimum absolute atomic E-state index is 0.331. The van der Waals surface area contributed by atoms with Gasteiger partial charge in [-0.2, -0.15) is 5.10 Å². The molecule has 5 heteroatoms. The summed E-state index contributed by atoms with van der Waals surface area (Å²) in [5.41, 5.74) is 0.932. The van der Waals surface area contributed by atoms with Gasteiger partial charge in [0.25, 0.3) is 0 Å². The van der Waals surface area contributed by atoms with Gasteiger partial charge in [-0.15, -0.1) is 5.10 Å². The Kier molecular flexibility index (Phi) is 3.36. The van der Waals surface area contributed by atoms with Crippen LogP contribution in [0.5, 0.6) is 0 Å². The van der Waals surface area contributed by atoms with Crippen molar-refractivity contribution in [2.24, 2.45) is 5.92 Å². The number of nitrogens with zero attached hydrogens (tertiary/aromatic N) is 4. The zero-order valence-corrected chi connectivity index (χ0v) is 11.4. The highest BCUT2D eigenvalue weighted by Crippen LogP contribution is 2.33. The highest BCUT2D eigenvalue weighted by atomic mass is 16.2. The first-order chi connectivity index (χ1) is 9.22. The van der Waals surface area contributed by atoms with Crippen LogP contribution in [0.25, 0.3) is 0 Å². The van der Waals surface area contributed by atoms with Crippen molar-refractivity contribution < 1.29 is 4.79 Å². The van der Waals surface area contributed by atoms with Crippen LogP contribution >= 0.6 is 0 Å². The van der Waals surface area contributed by atoms with Crippen LogP contribution in [0.15, 0.2) is 12.1 Å². The van der Waals surface area contributed by atoms with E-state index in [0.717, 1.165) is 44.1 Å². The maximum absolute atomic E-state index is 12.0. The lowest BCUT2D eigenvalue weighted by Crippen LogP contribution is -2.49. The average Bonchev–Trinajstić information content (AvgIpc) is 3.24. The molecule has 102 valence electrons. The molecule has 19 heavy (non-hydrogen) atoms. The van der Waals surface area contributed by atoms with Crippen molar-refractivity contribution >= 4 is 11.7 Å². The van der Waals surface area contributed by atoms with Gasteiger partial charge in [-0.25, -0.2) is 0 Å². The number of carbonyl (C=O) groups is 1. The van der Waals surface area contributed by atoms with Crippen LogP contribution in [0.4, 0.5) is 5.82 Å². The van der Waals surface area contributed by atoms with Gasteiger partial charge in [0, 0.05) is 32.6 Å². The molecule has 2 aliphatic rings. The second-order valence-corrected chi connectivity index (χ2v) is 5.55. The molecule has 1 aliphatic heterocycles. The molecule has 1 saturated heterocycles. The molecule has 1 amide bonds. The standard InChI is InChI=1S/C14H20N4O/c1-11-2-5-13(16-15-11)17-6-8-18(9-7-17)14(19)10-12-3-4-12/h2,5,12H,3-4,6-10H2,1H3. The van der Waals surface area contributed by atoms with Crippen molar-refractivity contribution in [3.05, 3.63) is 17.8 Å². The molecule has 3 rings (SSSR count). The Morgan fingerprint density at radius 2 is 1.95 bits per heavy atom. The number of amides is 1. The Labute approximate surface area is 113 Å². The summed E-state index contributed by atoms with van der Waals surface area (Å²) >= 11 is 0. The maximum atomic E-state index is 12.0. The van der Waals surface area contributed by atoms with Crippen molar-refractivity contribution in [3.8, 4) is 0 Å². The molecule has 1 saturated carbocycles. The molecule has 0 unspecified atom stereocenters. The van der Waals surface area contributed by atoms with Crippen molar-refractivity contribution in [2.45, 2.75) is 26.2 Å². The smallest absolute Gasteiger partial charge is 0.222 e. The summed E-state index contributed by atoms with van der Waals surface area (Å²) in [5, 5.41) is 8.29. The fourth-order valence-electron chi connectivity index (χ4n) is 2.44. The van der Waals surface area contributed by atoms with Crippen LogP contribution in [0.1, 0.15) is 25.0 Å². The minimum atomic E-state index is 0.331. The third kappa shape index (κ3) is 3.03. The Balaban J connectivity index is 1.53. The van der Waals surface area contributed by atoms with Crippen LogP contribution in [0.2, 0.25) is 0 Å². The first kappa shape index (κ1) is 12.4. The molecule has 0 atom stereocenters. The van der Waals surface area contributed by atoms with E-state index in [-0.39, 0.29) is 0 Å². The van der Waals surface area contributed by atoms with E-state index in [0.29, 0.717) is 11.8 Å². The lowest BCUT2D eigenvalue weighted by atomic mass is 10.2. The van der Waals surface area contributed by atoms with Crippen LogP contribution in [0.3, 0.4) is 0 Å². The fraction of sp³-hybridized carbons (Fsp3) is 0.643. The largest absolute Gasteiger partial charge is 0.352 e. The number of rotatable bonds is 3. The summed E-state index contributed by atoms with van der Waals surface area (Å²) < 4.78 is 0. The van der Waals surface area contributed by atoms with Gasteiger partial charge in [0.05, 0.1) is 5.69 Å². The van der Waals surface area contributed by atoms with E-state index in [1.165, 1.54) is 12.8 Å². The van der Waals surface area contributed by atoms with Gasteiger partial charge in [0.1, 0.15) is 0 Å². The molecular weight excluding hydrogens is 240 g/mol. The normalized spacial score (nSPS) is 19.6. The van der Waals surface area contributed by atoms with Gasteiger partial charge in [-0.1, -0.05) is 0 Å². The molecule has 0 bridgehead atoms. The predicted molar refractivity (Wildman–Crippen MR) is 72.9 cm³/mol. The van der Waals surface area contributed by atoms with Gasteiger partial charge in [-0.05, 0) is 37.8 Å². The highest BCUT2D eigenvalue weighted by Gasteiger charge is 2.28. The SMILES string of the molecule is Cc1ccc(N2CCN(C(=O)CC3CC3)CC2)nn1. The molecule has 5 nitrogen and oxygen atoms in total. The Morgan fingerprint density at radius 1 is 1.21 bits per heavy atom. The molecule has 0 aromatic carbocycles. The summed E-state index contributed by atoms with van der Waals surface area (Å²) in [6.45, 7) is 5.26. The number of anilines is 1. The number of piperazine rings is 1. The summed E-state index contributed by atoms with van der Waals surface area (Å²) in [6, 6.07) is 3.98. The van der Waals surface area contributed by atoms with Gasteiger partial charge in [-0.3, -0.25) is 4.79 Å². The molecule has 0 N–H and O–H groups in total. The first-order valence-corrected chi connectivity index (χ1v) is 7.05. The average molecular weight is 260 g/mol. The molecule has 1 aliphatic carbocycles. The van der Waals surface area contributed by atoms with Crippen molar-refractivity contribution in [2.75, 3.05) is 31.1 Å². The summed E-state index contributed by atoms with van der Waals surface area (Å²) in [7, 11) is 0. The lowest BCUT2D eigenvalue weighted by Gasteiger charge is -2.35. The predicted octanol–water partition coefficient (Wildman–Crippen LogP) is 1.23. The van der Waals surface area contributed by atoms with Crippen LogP contribution in [0, 0.1) is 12.8 Å². The van der Waals surface area contributed by atoms with Gasteiger partial charge < -0.3 is 9.80 Å². The Hall–Kier alpha value is -1.65. The van der Waals surface area contributed by atoms with E-state index in [1.54, 1.807) is 0 Å². The zero-order valence-electron chi connectivity index (χ0n) is 11.4. The fourth-order valence-corrected chi connectivity index (χ4v) is 2.44. The van der Waals surface area contributed by atoms with Gasteiger partial charge in [0.2, 0.25) is 5.91 Å². The molecule has 2 heterocycles. The molecule has 1 aromatic rings. The second kappa shape index (κ2) is 5.15. The van der Waals surface area contributed by atoms with Crippen LogP contribution < -0.4 is 4.90 Å². The number of aromatic nitrogens is 2. The highest BCUT2D eigenvalue weighted by molar-refractivity contribution is 5.77. The summed E-state index contributed by atoms with van der Waals surface area (Å²) in [5.74, 6) is 1.92. The maximum Gasteiger partial charge on any atom is 0.222 e. The number of hydrogen-bond acceptors (Lipinski definition) is 4. The van der Waals surface area contributed by atoms with E-state index in [4.69, 9.17) is 0 Å². The third-order valence-corrected chi connectivity index (χ3v) is 3.90. The Morgan fingerprint density at radius 3 is 2.53 bits per heavy atom. The topological polar surface area (TPSA) is 49.3 Å².